The molecular weight excluding hydrogens is 280 g/mol. The molecule has 5 nitrogen and oxygen atoms in total. The molecule has 1 aromatic rings. The Balaban J connectivity index is 1.93. The van der Waals surface area contributed by atoms with Crippen molar-refractivity contribution in [2.24, 2.45) is 5.92 Å². The molecule has 5 heteroatoms. The maximum Gasteiger partial charge on any atom is 0.306 e. The van der Waals surface area contributed by atoms with Crippen molar-refractivity contribution >= 4 is 11.5 Å². The Bertz CT molecular complexity index is 561. The topological polar surface area (TPSA) is 72.3 Å². The van der Waals surface area contributed by atoms with Gasteiger partial charge in [0.15, 0.2) is 5.82 Å². The molecule has 0 fully saturated rings. The van der Waals surface area contributed by atoms with E-state index in [0.29, 0.717) is 23.9 Å². The van der Waals surface area contributed by atoms with Crippen molar-refractivity contribution in [1.29, 1.82) is 0 Å². The van der Waals surface area contributed by atoms with Crippen LogP contribution in [0, 0.1) is 5.92 Å². The summed E-state index contributed by atoms with van der Waals surface area (Å²) in [7, 11) is 0. The maximum absolute atomic E-state index is 11.9. The van der Waals surface area contributed by atoms with Gasteiger partial charge in [0.2, 0.25) is 0 Å². The number of aromatic nitrogens is 2. The van der Waals surface area contributed by atoms with Crippen molar-refractivity contribution in [3.63, 3.8) is 0 Å². The van der Waals surface area contributed by atoms with Crippen molar-refractivity contribution in [3.8, 4) is 0 Å². The standard InChI is InChI=1S/C17H24N2O3/c1-17(2,3)22-15(21)10-12-4-6-13(7-5-12)16-18-9-8-14(11-20)19-16/h6,8-9,12,20H,4-5,7,10-11H2,1-3H3/t12-/m1/s1. The number of ether oxygens (including phenoxy) is 1. The van der Waals surface area contributed by atoms with Crippen LogP contribution in [0.5, 0.6) is 0 Å². The first-order chi connectivity index (χ1) is 10.4. The van der Waals surface area contributed by atoms with E-state index < -0.39 is 5.60 Å². The van der Waals surface area contributed by atoms with Crippen molar-refractivity contribution in [2.45, 2.75) is 58.7 Å². The van der Waals surface area contributed by atoms with E-state index in [1.165, 1.54) is 0 Å². The smallest absolute Gasteiger partial charge is 0.306 e. The third-order valence-electron chi connectivity index (χ3n) is 3.56. The van der Waals surface area contributed by atoms with E-state index in [2.05, 4.69) is 16.0 Å². The fourth-order valence-corrected chi connectivity index (χ4v) is 2.53. The number of carbonyl (C=O) groups is 1. The quantitative estimate of drug-likeness (QED) is 0.866. The fourth-order valence-electron chi connectivity index (χ4n) is 2.53. The molecule has 0 bridgehead atoms. The van der Waals surface area contributed by atoms with Crippen LogP contribution in [-0.2, 0) is 16.1 Å². The lowest BCUT2D eigenvalue weighted by Gasteiger charge is -2.24. The summed E-state index contributed by atoms with van der Waals surface area (Å²) >= 11 is 0. The normalized spacial score (nSPS) is 18.7. The number of rotatable bonds is 4. The summed E-state index contributed by atoms with van der Waals surface area (Å²) in [5.74, 6) is 0.870. The Labute approximate surface area is 131 Å². The molecule has 0 saturated heterocycles. The van der Waals surface area contributed by atoms with Gasteiger partial charge in [0.1, 0.15) is 5.60 Å². The van der Waals surface area contributed by atoms with Crippen LogP contribution >= 0.6 is 0 Å². The Hall–Kier alpha value is -1.75. The zero-order chi connectivity index (χ0) is 16.2. The lowest BCUT2D eigenvalue weighted by Crippen LogP contribution is -2.25. The van der Waals surface area contributed by atoms with Crippen LogP contribution in [0.25, 0.3) is 5.57 Å². The molecule has 0 spiro atoms. The summed E-state index contributed by atoms with van der Waals surface area (Å²) in [5, 5.41) is 9.13. The number of nitrogens with zero attached hydrogens (tertiary/aromatic N) is 2. The van der Waals surface area contributed by atoms with Gasteiger partial charge in [-0.3, -0.25) is 4.79 Å². The van der Waals surface area contributed by atoms with Crippen LogP contribution in [0.4, 0.5) is 0 Å². The van der Waals surface area contributed by atoms with Gasteiger partial charge in [0.05, 0.1) is 12.3 Å². The number of hydrogen-bond acceptors (Lipinski definition) is 5. The molecule has 1 atom stereocenters. The van der Waals surface area contributed by atoms with Gasteiger partial charge in [-0.05, 0) is 57.6 Å². The molecule has 120 valence electrons. The van der Waals surface area contributed by atoms with Gasteiger partial charge in [0, 0.05) is 12.6 Å². The molecular formula is C17H24N2O3. The number of aliphatic hydroxyl groups is 1. The van der Waals surface area contributed by atoms with Crippen molar-refractivity contribution in [2.75, 3.05) is 0 Å². The van der Waals surface area contributed by atoms with Gasteiger partial charge in [-0.15, -0.1) is 0 Å². The highest BCUT2D eigenvalue weighted by Crippen LogP contribution is 2.31. The Morgan fingerprint density at radius 3 is 2.82 bits per heavy atom. The lowest BCUT2D eigenvalue weighted by molar-refractivity contribution is -0.156. The molecule has 1 N–H and O–H groups in total. The van der Waals surface area contributed by atoms with E-state index in [-0.39, 0.29) is 12.6 Å². The van der Waals surface area contributed by atoms with Crippen LogP contribution in [0.2, 0.25) is 0 Å². The largest absolute Gasteiger partial charge is 0.460 e. The first kappa shape index (κ1) is 16.6. The molecule has 22 heavy (non-hydrogen) atoms. The Kier molecular flexibility index (Phi) is 5.29. The summed E-state index contributed by atoms with van der Waals surface area (Å²) in [5.41, 5.74) is 1.29. The lowest BCUT2D eigenvalue weighted by atomic mass is 9.87. The summed E-state index contributed by atoms with van der Waals surface area (Å²) in [6.45, 7) is 5.57. The predicted molar refractivity (Wildman–Crippen MR) is 83.7 cm³/mol. The number of carbonyl (C=O) groups excluding carboxylic acids is 1. The summed E-state index contributed by atoms with van der Waals surface area (Å²) in [6, 6.07) is 1.71. The van der Waals surface area contributed by atoms with E-state index in [9.17, 15) is 4.79 Å². The molecule has 0 aliphatic heterocycles. The van der Waals surface area contributed by atoms with Crippen molar-refractivity contribution in [1.82, 2.24) is 9.97 Å². The maximum atomic E-state index is 11.9. The number of aliphatic hydroxyl groups excluding tert-OH is 1. The highest BCUT2D eigenvalue weighted by atomic mass is 16.6. The average Bonchev–Trinajstić information content (AvgIpc) is 2.46. The zero-order valence-electron chi connectivity index (χ0n) is 13.5. The summed E-state index contributed by atoms with van der Waals surface area (Å²) in [4.78, 5) is 20.5. The minimum absolute atomic E-state index is 0.0793. The minimum atomic E-state index is -0.425. The van der Waals surface area contributed by atoms with E-state index in [1.807, 2.05) is 20.8 Å². The van der Waals surface area contributed by atoms with Crippen LogP contribution in [-0.4, -0.2) is 26.6 Å². The van der Waals surface area contributed by atoms with Gasteiger partial charge >= 0.3 is 5.97 Å². The molecule has 1 aromatic heterocycles. The third-order valence-corrected chi connectivity index (χ3v) is 3.56. The van der Waals surface area contributed by atoms with E-state index in [4.69, 9.17) is 9.84 Å². The van der Waals surface area contributed by atoms with Crippen LogP contribution in [0.15, 0.2) is 18.3 Å². The Morgan fingerprint density at radius 1 is 1.45 bits per heavy atom. The van der Waals surface area contributed by atoms with E-state index >= 15 is 0 Å². The third kappa shape index (κ3) is 4.91. The minimum Gasteiger partial charge on any atom is -0.460 e. The van der Waals surface area contributed by atoms with Gasteiger partial charge in [-0.2, -0.15) is 0 Å². The average molecular weight is 304 g/mol. The summed E-state index contributed by atoms with van der Waals surface area (Å²) < 4.78 is 5.37. The molecule has 2 rings (SSSR count). The molecule has 0 aromatic carbocycles. The molecule has 0 unspecified atom stereocenters. The molecule has 0 radical (unpaired) electrons. The first-order valence-electron chi connectivity index (χ1n) is 7.71. The first-order valence-corrected chi connectivity index (χ1v) is 7.71. The second-order valence-corrected chi connectivity index (χ2v) is 6.69. The van der Waals surface area contributed by atoms with Crippen molar-refractivity contribution < 1.29 is 14.6 Å². The second-order valence-electron chi connectivity index (χ2n) is 6.69. The zero-order valence-corrected chi connectivity index (χ0v) is 13.5. The number of hydrogen-bond donors (Lipinski definition) is 1. The molecule has 1 aliphatic carbocycles. The summed E-state index contributed by atoms with van der Waals surface area (Å²) in [6.07, 6.45) is 6.84. The van der Waals surface area contributed by atoms with Gasteiger partial charge in [-0.25, -0.2) is 9.97 Å². The fraction of sp³-hybridized carbons (Fsp3) is 0.588. The van der Waals surface area contributed by atoms with Crippen LogP contribution < -0.4 is 0 Å². The molecule has 1 heterocycles. The number of allylic oxidation sites excluding steroid dienone is 2. The predicted octanol–water partition coefficient (Wildman–Crippen LogP) is 2.88. The van der Waals surface area contributed by atoms with E-state index in [0.717, 1.165) is 24.8 Å². The van der Waals surface area contributed by atoms with Crippen LogP contribution in [0.3, 0.4) is 0 Å². The highest BCUT2D eigenvalue weighted by Gasteiger charge is 2.23. The molecule has 0 amide bonds. The van der Waals surface area contributed by atoms with E-state index in [1.54, 1.807) is 12.3 Å². The van der Waals surface area contributed by atoms with Gasteiger partial charge in [-0.1, -0.05) is 6.08 Å². The highest BCUT2D eigenvalue weighted by molar-refractivity contribution is 5.70. The number of esters is 1. The van der Waals surface area contributed by atoms with Gasteiger partial charge in [0.25, 0.3) is 0 Å². The van der Waals surface area contributed by atoms with Crippen molar-refractivity contribution in [3.05, 3.63) is 29.9 Å². The SMILES string of the molecule is CC(C)(C)OC(=O)C[C@@H]1CC=C(c2nccc(CO)n2)CC1. The monoisotopic (exact) mass is 304 g/mol. The molecule has 0 saturated carbocycles. The van der Waals surface area contributed by atoms with Gasteiger partial charge < -0.3 is 9.84 Å². The second kappa shape index (κ2) is 7.01. The van der Waals surface area contributed by atoms with Crippen LogP contribution in [0.1, 0.15) is 58.0 Å². The molecule has 1 aliphatic rings. The Morgan fingerprint density at radius 2 is 2.23 bits per heavy atom.